The lowest BCUT2D eigenvalue weighted by atomic mass is 9.81. The van der Waals surface area contributed by atoms with Gasteiger partial charge in [-0.2, -0.15) is 13.2 Å². The highest BCUT2D eigenvalue weighted by atomic mass is 32.2. The zero-order chi connectivity index (χ0) is 17.4. The van der Waals surface area contributed by atoms with Gasteiger partial charge in [-0.1, -0.05) is 11.2 Å². The summed E-state index contributed by atoms with van der Waals surface area (Å²) in [6.07, 6.45) is -2.29. The van der Waals surface area contributed by atoms with E-state index < -0.39 is 23.0 Å². The van der Waals surface area contributed by atoms with Gasteiger partial charge in [-0.15, -0.1) is 0 Å². The molecule has 0 atom stereocenters. The standard InChI is InChI=1S/C16H21F3N2O2S/c1-12-13(2-3-14(20-12)16(17,18)19)23-9-8-21-6-4-15(5-7-21)10-24(22)11-15/h2-3H,4-11H2,1H3. The zero-order valence-electron chi connectivity index (χ0n) is 13.6. The molecule has 1 aromatic rings. The van der Waals surface area contributed by atoms with Crippen molar-refractivity contribution < 1.29 is 22.5 Å². The molecule has 0 radical (unpaired) electrons. The Morgan fingerprint density at radius 1 is 1.29 bits per heavy atom. The molecule has 1 spiro atoms. The van der Waals surface area contributed by atoms with Crippen LogP contribution >= 0.6 is 0 Å². The molecule has 8 heteroatoms. The highest BCUT2D eigenvalue weighted by Gasteiger charge is 2.49. The molecule has 3 rings (SSSR count). The molecule has 134 valence electrons. The molecular weight excluding hydrogens is 341 g/mol. The smallest absolute Gasteiger partial charge is 0.433 e. The second-order valence-corrected chi connectivity index (χ2v) is 8.15. The van der Waals surface area contributed by atoms with Crippen LogP contribution in [0.2, 0.25) is 0 Å². The van der Waals surface area contributed by atoms with Gasteiger partial charge >= 0.3 is 6.18 Å². The summed E-state index contributed by atoms with van der Waals surface area (Å²) in [5, 5.41) is 0. The number of nitrogens with zero attached hydrogens (tertiary/aromatic N) is 2. The number of pyridine rings is 1. The van der Waals surface area contributed by atoms with Gasteiger partial charge in [0.05, 0.1) is 11.1 Å². The minimum atomic E-state index is -4.43. The number of aromatic nitrogens is 1. The SMILES string of the molecule is Cc1nc(C(F)(F)F)ccc1OCCN1CCC2(CC1)C[S+]([O-])C2. The average Bonchev–Trinajstić information content (AvgIpc) is 2.48. The van der Waals surface area contributed by atoms with Gasteiger partial charge in [0.15, 0.2) is 0 Å². The molecular formula is C16H21F3N2O2S. The average molecular weight is 362 g/mol. The van der Waals surface area contributed by atoms with Gasteiger partial charge in [0, 0.05) is 6.54 Å². The van der Waals surface area contributed by atoms with Crippen molar-refractivity contribution in [2.24, 2.45) is 5.41 Å². The number of alkyl halides is 3. The first-order chi connectivity index (χ1) is 11.3. The van der Waals surface area contributed by atoms with Gasteiger partial charge in [-0.3, -0.25) is 4.90 Å². The largest absolute Gasteiger partial charge is 0.616 e. The van der Waals surface area contributed by atoms with Gasteiger partial charge in [-0.05, 0) is 45.0 Å². The predicted octanol–water partition coefficient (Wildman–Crippen LogP) is 2.63. The number of halogens is 3. The van der Waals surface area contributed by atoms with Gasteiger partial charge in [0.2, 0.25) is 0 Å². The van der Waals surface area contributed by atoms with Gasteiger partial charge < -0.3 is 9.29 Å². The Labute approximate surface area is 142 Å². The second-order valence-electron chi connectivity index (χ2n) is 6.70. The Morgan fingerprint density at radius 2 is 1.96 bits per heavy atom. The Hall–Kier alpha value is -0.990. The lowest BCUT2D eigenvalue weighted by Gasteiger charge is -2.47. The highest BCUT2D eigenvalue weighted by Crippen LogP contribution is 2.42. The zero-order valence-corrected chi connectivity index (χ0v) is 14.4. The van der Waals surface area contributed by atoms with E-state index in [1.54, 1.807) is 0 Å². The maximum Gasteiger partial charge on any atom is 0.433 e. The van der Waals surface area contributed by atoms with E-state index in [0.717, 1.165) is 50.0 Å². The van der Waals surface area contributed by atoms with Crippen molar-refractivity contribution in [2.75, 3.05) is 37.7 Å². The summed E-state index contributed by atoms with van der Waals surface area (Å²) in [5.74, 6) is 2.08. The molecule has 2 saturated heterocycles. The van der Waals surface area contributed by atoms with Crippen molar-refractivity contribution in [1.82, 2.24) is 9.88 Å². The topological polar surface area (TPSA) is 48.4 Å². The first-order valence-electron chi connectivity index (χ1n) is 8.02. The van der Waals surface area contributed by atoms with Crippen LogP contribution in [0.4, 0.5) is 13.2 Å². The van der Waals surface area contributed by atoms with E-state index in [2.05, 4.69) is 9.88 Å². The minimum Gasteiger partial charge on any atom is -0.616 e. The van der Waals surface area contributed by atoms with Crippen molar-refractivity contribution in [1.29, 1.82) is 0 Å². The molecule has 0 amide bonds. The molecule has 1 aromatic heterocycles. The molecule has 0 saturated carbocycles. The molecule has 3 heterocycles. The molecule has 0 unspecified atom stereocenters. The van der Waals surface area contributed by atoms with E-state index in [0.29, 0.717) is 17.8 Å². The van der Waals surface area contributed by atoms with Crippen molar-refractivity contribution >= 4 is 11.2 Å². The number of rotatable bonds is 4. The quantitative estimate of drug-likeness (QED) is 0.773. The van der Waals surface area contributed by atoms with Crippen LogP contribution in [-0.2, 0) is 17.4 Å². The first kappa shape index (κ1) is 17.8. The normalized spacial score (nSPS) is 21.7. The monoisotopic (exact) mass is 362 g/mol. The first-order valence-corrected chi connectivity index (χ1v) is 9.51. The van der Waals surface area contributed by atoms with E-state index in [1.807, 2.05) is 0 Å². The third-order valence-electron chi connectivity index (χ3n) is 4.84. The van der Waals surface area contributed by atoms with Crippen molar-refractivity contribution in [3.05, 3.63) is 23.5 Å². The Balaban J connectivity index is 1.44. The summed E-state index contributed by atoms with van der Waals surface area (Å²) < 4.78 is 54.7. The number of ether oxygens (including phenoxy) is 1. The van der Waals surface area contributed by atoms with E-state index in [9.17, 15) is 17.7 Å². The molecule has 24 heavy (non-hydrogen) atoms. The third kappa shape index (κ3) is 3.97. The summed E-state index contributed by atoms with van der Waals surface area (Å²) in [6.45, 7) is 4.61. The van der Waals surface area contributed by atoms with E-state index in [4.69, 9.17) is 4.74 Å². The third-order valence-corrected chi connectivity index (χ3v) is 6.71. The molecule has 2 aliphatic rings. The summed E-state index contributed by atoms with van der Waals surface area (Å²) in [6, 6.07) is 2.28. The molecule has 0 aromatic carbocycles. The maximum atomic E-state index is 12.6. The fourth-order valence-corrected chi connectivity index (χ4v) is 5.18. The molecule has 4 nitrogen and oxygen atoms in total. The van der Waals surface area contributed by atoms with Gasteiger partial charge in [0.1, 0.15) is 29.6 Å². The van der Waals surface area contributed by atoms with Crippen LogP contribution < -0.4 is 4.74 Å². The highest BCUT2D eigenvalue weighted by molar-refractivity contribution is 7.92. The fourth-order valence-electron chi connectivity index (χ4n) is 3.32. The van der Waals surface area contributed by atoms with Crippen LogP contribution in [0.5, 0.6) is 5.75 Å². The number of aryl methyl sites for hydroxylation is 1. The molecule has 0 bridgehead atoms. The Bertz CT molecular complexity index is 581. The van der Waals surface area contributed by atoms with Crippen LogP contribution in [0.25, 0.3) is 0 Å². The molecule has 0 N–H and O–H groups in total. The number of hydrogen-bond donors (Lipinski definition) is 0. The number of hydrogen-bond acceptors (Lipinski definition) is 4. The number of likely N-dealkylation sites (tertiary alicyclic amines) is 1. The van der Waals surface area contributed by atoms with Crippen LogP contribution in [-0.4, -0.2) is 52.2 Å². The van der Waals surface area contributed by atoms with Gasteiger partial charge in [-0.25, -0.2) is 4.98 Å². The fraction of sp³-hybridized carbons (Fsp3) is 0.688. The molecule has 2 fully saturated rings. The Morgan fingerprint density at radius 3 is 2.50 bits per heavy atom. The minimum absolute atomic E-state index is 0.249. The van der Waals surface area contributed by atoms with Crippen LogP contribution in [0.15, 0.2) is 12.1 Å². The summed E-state index contributed by atoms with van der Waals surface area (Å²) in [4.78, 5) is 5.85. The van der Waals surface area contributed by atoms with Gasteiger partial charge in [0.25, 0.3) is 0 Å². The summed E-state index contributed by atoms with van der Waals surface area (Å²) in [7, 11) is 0. The maximum absolute atomic E-state index is 12.6. The second kappa shape index (κ2) is 6.72. The number of piperidine rings is 1. The lowest BCUT2D eigenvalue weighted by Crippen LogP contribution is -2.54. The van der Waals surface area contributed by atoms with Crippen molar-refractivity contribution in [3.8, 4) is 5.75 Å². The van der Waals surface area contributed by atoms with Crippen molar-refractivity contribution in [3.63, 3.8) is 0 Å². The van der Waals surface area contributed by atoms with Crippen LogP contribution in [0.3, 0.4) is 0 Å². The van der Waals surface area contributed by atoms with Crippen LogP contribution in [0.1, 0.15) is 24.2 Å². The summed E-state index contributed by atoms with van der Waals surface area (Å²) in [5.41, 5.74) is -0.346. The predicted molar refractivity (Wildman–Crippen MR) is 85.5 cm³/mol. The van der Waals surface area contributed by atoms with Crippen LogP contribution in [0, 0.1) is 12.3 Å². The Kier molecular flexibility index (Phi) is 4.99. The molecule has 2 aliphatic heterocycles. The summed E-state index contributed by atoms with van der Waals surface area (Å²) >= 11 is -0.612. The van der Waals surface area contributed by atoms with E-state index >= 15 is 0 Å². The molecule has 0 aliphatic carbocycles. The van der Waals surface area contributed by atoms with E-state index in [1.165, 1.54) is 13.0 Å². The lowest BCUT2D eigenvalue weighted by molar-refractivity contribution is -0.141. The van der Waals surface area contributed by atoms with E-state index in [-0.39, 0.29) is 5.69 Å². The van der Waals surface area contributed by atoms with Crippen molar-refractivity contribution in [2.45, 2.75) is 25.9 Å².